The lowest BCUT2D eigenvalue weighted by Gasteiger charge is -2.03. The number of furan rings is 1. The van der Waals surface area contributed by atoms with Crippen molar-refractivity contribution in [2.75, 3.05) is 0 Å². The number of thiophene rings is 1. The predicted octanol–water partition coefficient (Wildman–Crippen LogP) is 8.45. The highest BCUT2D eigenvalue weighted by Gasteiger charge is 2.24. The Hall–Kier alpha value is -4.15. The van der Waals surface area contributed by atoms with Gasteiger partial charge in [-0.3, -0.25) is 0 Å². The minimum atomic E-state index is 0.707. The molecule has 9 rings (SSSR count). The Bertz CT molecular complexity index is 2180. The predicted molar refractivity (Wildman–Crippen MR) is 138 cm³/mol. The van der Waals surface area contributed by atoms with Crippen molar-refractivity contribution in [3.63, 3.8) is 0 Å². The number of benzene rings is 4. The van der Waals surface area contributed by atoms with Crippen molar-refractivity contribution in [2.45, 2.75) is 0 Å². The number of fused-ring (bicyclic) bond motifs is 4. The summed E-state index contributed by atoms with van der Waals surface area (Å²) in [6.45, 7) is 0. The molecule has 152 valence electrons. The average molecular weight is 439 g/mol. The van der Waals surface area contributed by atoms with Crippen molar-refractivity contribution in [3.8, 4) is 11.1 Å². The SMILES string of the molecule is c1ccc(-c2ccc3c(c2)c2ccc4sc5ccc6oc7nccc8c7c6c5c4c2n38)cc1. The molecule has 0 aliphatic carbocycles. The molecule has 0 aliphatic heterocycles. The smallest absolute Gasteiger partial charge is 0.229 e. The van der Waals surface area contributed by atoms with E-state index in [-0.39, 0.29) is 0 Å². The van der Waals surface area contributed by atoms with Crippen LogP contribution in [0.25, 0.3) is 80.7 Å². The maximum absolute atomic E-state index is 6.23. The van der Waals surface area contributed by atoms with Gasteiger partial charge < -0.3 is 8.82 Å². The molecule has 0 amide bonds. The molecule has 0 aliphatic rings. The van der Waals surface area contributed by atoms with Gasteiger partial charge in [0.1, 0.15) is 5.58 Å². The number of rotatable bonds is 1. The van der Waals surface area contributed by atoms with Gasteiger partial charge in [0.25, 0.3) is 0 Å². The topological polar surface area (TPSA) is 30.4 Å². The highest BCUT2D eigenvalue weighted by Crippen LogP contribution is 2.49. The van der Waals surface area contributed by atoms with E-state index in [0.717, 1.165) is 16.5 Å². The largest absolute Gasteiger partial charge is 0.438 e. The zero-order valence-corrected chi connectivity index (χ0v) is 18.1. The van der Waals surface area contributed by atoms with E-state index < -0.39 is 0 Å². The molecule has 4 heteroatoms. The van der Waals surface area contributed by atoms with Crippen LogP contribution in [-0.2, 0) is 0 Å². The zero-order valence-electron chi connectivity index (χ0n) is 17.3. The molecule has 0 radical (unpaired) electrons. The van der Waals surface area contributed by atoms with Gasteiger partial charge in [0.15, 0.2) is 0 Å². The standard InChI is InChI=1S/C29H14N2OS/c1-2-4-15(5-3-1)16-6-8-19-18(14-16)17-7-10-23-27-26-22(33-23)11-9-21-25(26)24-20(31(19)28(17)27)12-13-30-29(24)32-21/h1-14H. The first kappa shape index (κ1) is 16.5. The summed E-state index contributed by atoms with van der Waals surface area (Å²) in [7, 11) is 0. The summed E-state index contributed by atoms with van der Waals surface area (Å²) < 4.78 is 11.3. The van der Waals surface area contributed by atoms with Gasteiger partial charge >= 0.3 is 0 Å². The average Bonchev–Trinajstić information content (AvgIpc) is 3.49. The molecule has 0 fully saturated rings. The van der Waals surface area contributed by atoms with E-state index in [4.69, 9.17) is 4.42 Å². The van der Waals surface area contributed by atoms with E-state index >= 15 is 0 Å². The second-order valence-corrected chi connectivity index (χ2v) is 9.88. The van der Waals surface area contributed by atoms with E-state index in [1.54, 1.807) is 0 Å². The van der Waals surface area contributed by atoms with Crippen molar-refractivity contribution < 1.29 is 4.42 Å². The number of aromatic nitrogens is 2. The molecule has 0 N–H and O–H groups in total. The van der Waals surface area contributed by atoms with Crippen LogP contribution in [0, 0.1) is 0 Å². The second-order valence-electron chi connectivity index (χ2n) is 8.79. The van der Waals surface area contributed by atoms with E-state index in [2.05, 4.69) is 88.2 Å². The lowest BCUT2D eigenvalue weighted by atomic mass is 10.0. The van der Waals surface area contributed by atoms with Gasteiger partial charge in [-0.05, 0) is 47.5 Å². The minimum Gasteiger partial charge on any atom is -0.438 e. The summed E-state index contributed by atoms with van der Waals surface area (Å²) in [5, 5.41) is 7.50. The molecule has 4 aromatic carbocycles. The zero-order chi connectivity index (χ0) is 21.3. The summed E-state index contributed by atoms with van der Waals surface area (Å²) >= 11 is 1.86. The van der Waals surface area contributed by atoms with Crippen LogP contribution in [0.5, 0.6) is 0 Å². The molecule has 3 nitrogen and oxygen atoms in total. The van der Waals surface area contributed by atoms with Crippen LogP contribution in [0.3, 0.4) is 0 Å². The molecule has 9 aromatic rings. The number of hydrogen-bond donors (Lipinski definition) is 0. The molecule has 5 heterocycles. The quantitative estimate of drug-likeness (QED) is 0.257. The third-order valence-corrected chi connectivity index (χ3v) is 8.31. The summed E-state index contributed by atoms with van der Waals surface area (Å²) in [4.78, 5) is 4.60. The van der Waals surface area contributed by atoms with Crippen molar-refractivity contribution in [3.05, 3.63) is 85.1 Å². The van der Waals surface area contributed by atoms with Gasteiger partial charge in [0, 0.05) is 42.5 Å². The molecule has 0 saturated heterocycles. The fourth-order valence-electron chi connectivity index (χ4n) is 5.86. The molecule has 0 unspecified atom stereocenters. The van der Waals surface area contributed by atoms with Crippen LogP contribution in [0.1, 0.15) is 0 Å². The first-order chi connectivity index (χ1) is 16.4. The number of hydrogen-bond acceptors (Lipinski definition) is 3. The van der Waals surface area contributed by atoms with Crippen molar-refractivity contribution in [2.24, 2.45) is 0 Å². The van der Waals surface area contributed by atoms with Crippen LogP contribution < -0.4 is 0 Å². The van der Waals surface area contributed by atoms with Gasteiger partial charge in [-0.25, -0.2) is 4.98 Å². The first-order valence-corrected chi connectivity index (χ1v) is 11.9. The highest BCUT2D eigenvalue weighted by atomic mass is 32.1. The third kappa shape index (κ3) is 1.83. The maximum Gasteiger partial charge on any atom is 0.229 e. The molecule has 33 heavy (non-hydrogen) atoms. The van der Waals surface area contributed by atoms with Gasteiger partial charge in [-0.15, -0.1) is 11.3 Å². The Kier molecular flexibility index (Phi) is 2.71. The lowest BCUT2D eigenvalue weighted by molar-refractivity contribution is 0.654. The van der Waals surface area contributed by atoms with Crippen molar-refractivity contribution >= 4 is 80.9 Å². The third-order valence-electron chi connectivity index (χ3n) is 7.19. The van der Waals surface area contributed by atoms with Gasteiger partial charge in [0.05, 0.1) is 21.9 Å². The van der Waals surface area contributed by atoms with Crippen molar-refractivity contribution in [1.29, 1.82) is 0 Å². The van der Waals surface area contributed by atoms with Crippen LogP contribution in [-0.4, -0.2) is 9.38 Å². The molecule has 0 atom stereocenters. The normalized spacial score (nSPS) is 12.8. The lowest BCUT2D eigenvalue weighted by Crippen LogP contribution is -1.86. The van der Waals surface area contributed by atoms with E-state index in [0.29, 0.717) is 5.71 Å². The molecule has 5 aromatic heterocycles. The molecular weight excluding hydrogens is 424 g/mol. The van der Waals surface area contributed by atoms with Crippen LogP contribution >= 0.6 is 11.3 Å². The fourth-order valence-corrected chi connectivity index (χ4v) is 6.98. The monoisotopic (exact) mass is 438 g/mol. The highest BCUT2D eigenvalue weighted by molar-refractivity contribution is 7.26. The minimum absolute atomic E-state index is 0.707. The Labute approximate surface area is 190 Å². The Balaban J connectivity index is 1.64. The van der Waals surface area contributed by atoms with Gasteiger partial charge in [-0.1, -0.05) is 42.5 Å². The number of pyridine rings is 1. The van der Waals surface area contributed by atoms with Gasteiger partial charge in [-0.2, -0.15) is 0 Å². The maximum atomic E-state index is 6.23. The number of nitrogens with zero attached hydrogens (tertiary/aromatic N) is 2. The molecule has 0 spiro atoms. The summed E-state index contributed by atoms with van der Waals surface area (Å²) in [6, 6.07) is 28.5. The van der Waals surface area contributed by atoms with Crippen LogP contribution in [0.4, 0.5) is 0 Å². The summed E-state index contributed by atoms with van der Waals surface area (Å²) in [5.41, 5.74) is 7.74. The van der Waals surface area contributed by atoms with Crippen LogP contribution in [0.2, 0.25) is 0 Å². The molecular formula is C29H14N2OS. The molecule has 0 bridgehead atoms. The summed E-state index contributed by atoms with van der Waals surface area (Å²) in [5.74, 6) is 0. The Morgan fingerprint density at radius 2 is 1.55 bits per heavy atom. The van der Waals surface area contributed by atoms with Crippen LogP contribution in [0.15, 0.2) is 89.5 Å². The van der Waals surface area contributed by atoms with E-state index in [9.17, 15) is 0 Å². The first-order valence-electron chi connectivity index (χ1n) is 11.1. The van der Waals surface area contributed by atoms with E-state index in [1.807, 2.05) is 17.5 Å². The second kappa shape index (κ2) is 5.42. The fraction of sp³-hybridized carbons (Fsp3) is 0. The Morgan fingerprint density at radius 1 is 0.667 bits per heavy atom. The van der Waals surface area contributed by atoms with Gasteiger partial charge in [0.2, 0.25) is 5.71 Å². The summed E-state index contributed by atoms with van der Waals surface area (Å²) in [6.07, 6.45) is 1.87. The molecule has 0 saturated carbocycles. The van der Waals surface area contributed by atoms with Crippen molar-refractivity contribution in [1.82, 2.24) is 9.38 Å². The Morgan fingerprint density at radius 3 is 2.48 bits per heavy atom. The van der Waals surface area contributed by atoms with E-state index in [1.165, 1.54) is 58.5 Å².